The highest BCUT2D eigenvalue weighted by Gasteiger charge is 2.20. The minimum Gasteiger partial charge on any atom is -0.453 e. The van der Waals surface area contributed by atoms with E-state index in [1.807, 2.05) is 6.07 Å². The highest BCUT2D eigenvalue weighted by molar-refractivity contribution is 7.23. The molecule has 8 nitrogen and oxygen atoms in total. The van der Waals surface area contributed by atoms with Crippen molar-refractivity contribution >= 4 is 32.3 Å². The van der Waals surface area contributed by atoms with Crippen molar-refractivity contribution in [2.24, 2.45) is 0 Å². The molecule has 41 heavy (non-hydrogen) atoms. The zero-order valence-corrected chi connectivity index (χ0v) is 22.9. The smallest absolute Gasteiger partial charge is 0.282 e. The topological polar surface area (TPSA) is 80.6 Å². The van der Waals surface area contributed by atoms with Gasteiger partial charge in [-0.3, -0.25) is 14.6 Å². The second kappa shape index (κ2) is 11.2. The van der Waals surface area contributed by atoms with Crippen LogP contribution in [-0.4, -0.2) is 58.7 Å². The number of pyridine rings is 1. The fourth-order valence-corrected chi connectivity index (χ4v) is 5.81. The van der Waals surface area contributed by atoms with Crippen LogP contribution in [0.2, 0.25) is 0 Å². The number of carbonyl (C=O) groups excluding carboxylic acids is 1. The molecule has 6 rings (SSSR count). The lowest BCUT2D eigenvalue weighted by molar-refractivity contribution is 0.0991. The number of ether oxygens (including phenoxy) is 1. The predicted molar refractivity (Wildman–Crippen MR) is 154 cm³/mol. The number of aromatic nitrogens is 3. The Morgan fingerprint density at radius 3 is 2.49 bits per heavy atom. The fourth-order valence-electron chi connectivity index (χ4n) is 4.69. The number of halogens is 2. The van der Waals surface area contributed by atoms with Gasteiger partial charge in [0.2, 0.25) is 0 Å². The largest absolute Gasteiger partial charge is 0.453 e. The van der Waals surface area contributed by atoms with Gasteiger partial charge in [-0.2, -0.15) is 9.78 Å². The van der Waals surface area contributed by atoms with Crippen molar-refractivity contribution in [1.82, 2.24) is 19.7 Å². The first-order valence-corrected chi connectivity index (χ1v) is 13.8. The maximum absolute atomic E-state index is 15.2. The quantitative estimate of drug-likeness (QED) is 0.251. The number of hydrogen-bond acceptors (Lipinski definition) is 8. The van der Waals surface area contributed by atoms with Crippen molar-refractivity contribution in [3.63, 3.8) is 0 Å². The summed E-state index contributed by atoms with van der Waals surface area (Å²) >= 11 is 1.56. The predicted octanol–water partition coefficient (Wildman–Crippen LogP) is 5.09. The fraction of sp³-hybridized carbons (Fsp3) is 0.200. The van der Waals surface area contributed by atoms with E-state index in [4.69, 9.17) is 4.74 Å². The molecule has 208 valence electrons. The Kier molecular flexibility index (Phi) is 7.29. The summed E-state index contributed by atoms with van der Waals surface area (Å²) in [6.07, 6.45) is 2.76. The third kappa shape index (κ3) is 5.59. The molecule has 0 spiro atoms. The van der Waals surface area contributed by atoms with Gasteiger partial charge in [0.25, 0.3) is 5.56 Å². The monoisotopic (exact) mass is 573 g/mol. The number of Topliss-reactive ketones (excluding diaryl/α,β-unsaturated/α-hetero) is 1. The van der Waals surface area contributed by atoms with Gasteiger partial charge >= 0.3 is 0 Å². The van der Waals surface area contributed by atoms with Gasteiger partial charge in [-0.05, 0) is 61.1 Å². The Morgan fingerprint density at radius 1 is 0.951 bits per heavy atom. The highest BCUT2D eigenvalue weighted by atomic mass is 32.1. The van der Waals surface area contributed by atoms with Gasteiger partial charge in [0, 0.05) is 51.1 Å². The van der Waals surface area contributed by atoms with Gasteiger partial charge < -0.3 is 14.5 Å². The van der Waals surface area contributed by atoms with Gasteiger partial charge in [0.05, 0.1) is 26.5 Å². The Balaban J connectivity index is 1.19. The molecule has 1 aliphatic heterocycles. The van der Waals surface area contributed by atoms with Crippen LogP contribution >= 0.6 is 11.3 Å². The summed E-state index contributed by atoms with van der Waals surface area (Å²) in [7, 11) is 2.11. The summed E-state index contributed by atoms with van der Waals surface area (Å²) in [5.41, 5.74) is 0.756. The lowest BCUT2D eigenvalue weighted by Gasteiger charge is -2.32. The first-order valence-electron chi connectivity index (χ1n) is 13.0. The zero-order chi connectivity index (χ0) is 28.5. The molecule has 0 aliphatic carbocycles. The summed E-state index contributed by atoms with van der Waals surface area (Å²) < 4.78 is 36.3. The van der Waals surface area contributed by atoms with E-state index in [0.29, 0.717) is 17.0 Å². The molecule has 3 aromatic heterocycles. The molecule has 0 bridgehead atoms. The molecule has 11 heteroatoms. The number of piperazine rings is 1. The Labute approximate surface area is 238 Å². The first kappa shape index (κ1) is 26.7. The van der Waals surface area contributed by atoms with Gasteiger partial charge in [-0.1, -0.05) is 6.07 Å². The standard InChI is InChI=1S/C30H25F2N5O3S/c1-35-12-14-36(15-13-35)28-18-24-29(41-28)27(9-10-33-24)40-26-7-2-19(16-23(26)32)17-25(38)22-8-11-34-37(30(22)39)21-5-3-20(31)4-6-21/h2-11,16,18H,12-15,17H2,1H3. The normalized spacial score (nSPS) is 14.0. The molecule has 0 atom stereocenters. The molecule has 0 radical (unpaired) electrons. The van der Waals surface area contributed by atoms with E-state index in [1.165, 1.54) is 48.7 Å². The SMILES string of the molecule is CN1CCN(c2cc3nccc(Oc4ccc(CC(=O)c5ccnn(-c6ccc(F)cc6)c5=O)cc4F)c3s2)CC1. The molecule has 5 aromatic rings. The van der Waals surface area contributed by atoms with Crippen molar-refractivity contribution in [3.05, 3.63) is 106 Å². The van der Waals surface area contributed by atoms with E-state index in [1.54, 1.807) is 29.7 Å². The molecule has 0 amide bonds. The number of likely N-dealkylation sites (N-methyl/N-ethyl adjacent to an activating group) is 1. The third-order valence-corrected chi connectivity index (χ3v) is 8.18. The number of fused-ring (bicyclic) bond motifs is 1. The molecule has 1 fully saturated rings. The van der Waals surface area contributed by atoms with Crippen LogP contribution in [0.5, 0.6) is 11.5 Å². The highest BCUT2D eigenvalue weighted by Crippen LogP contribution is 2.39. The maximum Gasteiger partial charge on any atom is 0.282 e. The van der Waals surface area contributed by atoms with Crippen molar-refractivity contribution in [2.45, 2.75) is 6.42 Å². The van der Waals surface area contributed by atoms with Crippen LogP contribution in [0, 0.1) is 11.6 Å². The Bertz CT molecular complexity index is 1800. The van der Waals surface area contributed by atoms with E-state index >= 15 is 4.39 Å². The van der Waals surface area contributed by atoms with Crippen LogP contribution in [0.1, 0.15) is 15.9 Å². The van der Waals surface area contributed by atoms with Crippen LogP contribution in [0.25, 0.3) is 15.9 Å². The van der Waals surface area contributed by atoms with Crippen LogP contribution < -0.4 is 15.2 Å². The van der Waals surface area contributed by atoms with Gasteiger partial charge in [-0.15, -0.1) is 11.3 Å². The minimum absolute atomic E-state index is 0.0193. The van der Waals surface area contributed by atoms with Gasteiger partial charge in [-0.25, -0.2) is 8.78 Å². The summed E-state index contributed by atoms with van der Waals surface area (Å²) in [6.45, 7) is 3.81. The third-order valence-electron chi connectivity index (χ3n) is 6.98. The molecular weight excluding hydrogens is 548 g/mol. The first-order chi connectivity index (χ1) is 19.9. The summed E-state index contributed by atoms with van der Waals surface area (Å²) in [4.78, 5) is 35.0. The van der Waals surface area contributed by atoms with Gasteiger partial charge in [0.15, 0.2) is 17.3 Å². The Morgan fingerprint density at radius 2 is 1.73 bits per heavy atom. The molecule has 0 unspecified atom stereocenters. The number of carbonyl (C=O) groups is 1. The average molecular weight is 574 g/mol. The van der Waals surface area contributed by atoms with Crippen molar-refractivity contribution < 1.29 is 18.3 Å². The summed E-state index contributed by atoms with van der Waals surface area (Å²) in [5, 5.41) is 5.09. The number of ketones is 1. The number of nitrogens with zero attached hydrogens (tertiary/aromatic N) is 5. The zero-order valence-electron chi connectivity index (χ0n) is 22.1. The van der Waals surface area contributed by atoms with E-state index in [-0.39, 0.29) is 17.7 Å². The second-order valence-corrected chi connectivity index (χ2v) is 10.8. The maximum atomic E-state index is 15.2. The molecule has 4 heterocycles. The molecule has 0 N–H and O–H groups in total. The van der Waals surface area contributed by atoms with Crippen molar-refractivity contribution in [1.29, 1.82) is 0 Å². The second-order valence-electron chi connectivity index (χ2n) is 9.80. The van der Waals surface area contributed by atoms with Crippen LogP contribution in [0.3, 0.4) is 0 Å². The van der Waals surface area contributed by atoms with Crippen molar-refractivity contribution in [2.75, 3.05) is 38.1 Å². The van der Waals surface area contributed by atoms with E-state index < -0.39 is 23.0 Å². The number of rotatable bonds is 7. The molecule has 0 saturated carbocycles. The Hall–Kier alpha value is -4.48. The van der Waals surface area contributed by atoms with Crippen LogP contribution in [-0.2, 0) is 6.42 Å². The molecular formula is C30H25F2N5O3S. The number of anilines is 1. The number of hydrogen-bond donors (Lipinski definition) is 0. The van der Waals surface area contributed by atoms with E-state index in [2.05, 4.69) is 26.9 Å². The number of thiophene rings is 1. The molecule has 1 saturated heterocycles. The van der Waals surface area contributed by atoms with Crippen LogP contribution in [0.4, 0.5) is 13.8 Å². The van der Waals surface area contributed by atoms with E-state index in [0.717, 1.165) is 46.1 Å². The molecule has 2 aromatic carbocycles. The summed E-state index contributed by atoms with van der Waals surface area (Å²) in [5.74, 6) is -1.06. The van der Waals surface area contributed by atoms with Crippen LogP contribution in [0.15, 0.2) is 77.9 Å². The van der Waals surface area contributed by atoms with E-state index in [9.17, 15) is 14.0 Å². The number of benzene rings is 2. The average Bonchev–Trinajstić information content (AvgIpc) is 3.41. The summed E-state index contributed by atoms with van der Waals surface area (Å²) in [6, 6.07) is 14.6. The van der Waals surface area contributed by atoms with Gasteiger partial charge in [0.1, 0.15) is 11.6 Å². The lowest BCUT2D eigenvalue weighted by atomic mass is 10.0. The van der Waals surface area contributed by atoms with Crippen molar-refractivity contribution in [3.8, 4) is 17.2 Å². The molecule has 1 aliphatic rings. The lowest BCUT2D eigenvalue weighted by Crippen LogP contribution is -2.44. The minimum atomic E-state index is -0.641.